The summed E-state index contributed by atoms with van der Waals surface area (Å²) in [5.74, 6) is -1.11. The third kappa shape index (κ3) is 2.92. The standard InChI is InChI=1S/C13H18N2O5/c1-13(2,3)20-12(18)15-6-4-5-9(15)10-8(11(16)17)7-19-14-10/h7,9H,4-6H2,1-3H3,(H,16,17). The van der Waals surface area contributed by atoms with E-state index in [1.807, 2.05) is 0 Å². The fraction of sp³-hybridized carbons (Fsp3) is 0.615. The number of rotatable bonds is 2. The minimum absolute atomic E-state index is 0.00883. The Balaban J connectivity index is 2.21. The van der Waals surface area contributed by atoms with E-state index in [9.17, 15) is 9.59 Å². The number of aromatic carboxylic acids is 1. The number of hydrogen-bond donors (Lipinski definition) is 1. The van der Waals surface area contributed by atoms with Crippen LogP contribution in [0.1, 0.15) is 55.7 Å². The van der Waals surface area contributed by atoms with E-state index in [0.29, 0.717) is 13.0 Å². The van der Waals surface area contributed by atoms with E-state index in [0.717, 1.165) is 12.7 Å². The molecule has 1 N–H and O–H groups in total. The second-order valence-corrected chi connectivity index (χ2v) is 5.75. The highest BCUT2D eigenvalue weighted by Gasteiger charge is 2.37. The van der Waals surface area contributed by atoms with Crippen molar-refractivity contribution in [2.45, 2.75) is 45.3 Å². The van der Waals surface area contributed by atoms with Gasteiger partial charge in [-0.2, -0.15) is 0 Å². The van der Waals surface area contributed by atoms with Crippen molar-refractivity contribution in [3.05, 3.63) is 17.5 Å². The fourth-order valence-corrected chi connectivity index (χ4v) is 2.24. The quantitative estimate of drug-likeness (QED) is 0.895. The van der Waals surface area contributed by atoms with Crippen LogP contribution in [0.3, 0.4) is 0 Å². The number of ether oxygens (including phenoxy) is 1. The van der Waals surface area contributed by atoms with Crippen molar-refractivity contribution in [3.8, 4) is 0 Å². The van der Waals surface area contributed by atoms with E-state index in [4.69, 9.17) is 14.4 Å². The molecule has 1 unspecified atom stereocenters. The first kappa shape index (κ1) is 14.4. The topological polar surface area (TPSA) is 92.9 Å². The smallest absolute Gasteiger partial charge is 0.410 e. The minimum Gasteiger partial charge on any atom is -0.478 e. The molecule has 2 rings (SSSR count). The van der Waals surface area contributed by atoms with Crippen molar-refractivity contribution in [3.63, 3.8) is 0 Å². The van der Waals surface area contributed by atoms with E-state index in [1.54, 1.807) is 20.8 Å². The number of carboxylic acids is 1. The van der Waals surface area contributed by atoms with Crippen molar-refractivity contribution in [1.29, 1.82) is 0 Å². The molecule has 1 amide bonds. The Bertz CT molecular complexity index is 517. The molecule has 1 aromatic rings. The maximum atomic E-state index is 12.1. The number of aromatic nitrogens is 1. The van der Waals surface area contributed by atoms with Crippen LogP contribution in [-0.4, -0.2) is 39.4 Å². The molecule has 0 radical (unpaired) electrons. The van der Waals surface area contributed by atoms with Gasteiger partial charge < -0.3 is 14.4 Å². The minimum atomic E-state index is -1.11. The molecule has 20 heavy (non-hydrogen) atoms. The zero-order valence-electron chi connectivity index (χ0n) is 11.8. The van der Waals surface area contributed by atoms with Crippen LogP contribution in [0.15, 0.2) is 10.8 Å². The average molecular weight is 282 g/mol. The van der Waals surface area contributed by atoms with Gasteiger partial charge in [-0.1, -0.05) is 5.16 Å². The molecule has 1 atom stereocenters. The van der Waals surface area contributed by atoms with Crippen LogP contribution < -0.4 is 0 Å². The van der Waals surface area contributed by atoms with Gasteiger partial charge in [-0.15, -0.1) is 0 Å². The lowest BCUT2D eigenvalue weighted by atomic mass is 10.1. The van der Waals surface area contributed by atoms with E-state index in [-0.39, 0.29) is 11.3 Å². The lowest BCUT2D eigenvalue weighted by Gasteiger charge is -2.27. The van der Waals surface area contributed by atoms with E-state index < -0.39 is 23.7 Å². The highest BCUT2D eigenvalue weighted by Crippen LogP contribution is 2.34. The maximum Gasteiger partial charge on any atom is 0.410 e. The van der Waals surface area contributed by atoms with Gasteiger partial charge >= 0.3 is 12.1 Å². The molecule has 1 aromatic heterocycles. The lowest BCUT2D eigenvalue weighted by molar-refractivity contribution is 0.0217. The molecule has 110 valence electrons. The summed E-state index contributed by atoms with van der Waals surface area (Å²) in [4.78, 5) is 24.8. The van der Waals surface area contributed by atoms with Crippen molar-refractivity contribution < 1.29 is 24.0 Å². The van der Waals surface area contributed by atoms with Gasteiger partial charge in [0.05, 0.1) is 6.04 Å². The molecule has 1 saturated heterocycles. The predicted octanol–water partition coefficient (Wildman–Crippen LogP) is 2.44. The Morgan fingerprint density at radius 2 is 2.20 bits per heavy atom. The average Bonchev–Trinajstić information content (AvgIpc) is 2.95. The van der Waals surface area contributed by atoms with E-state index in [1.165, 1.54) is 4.90 Å². The molecule has 7 nitrogen and oxygen atoms in total. The summed E-state index contributed by atoms with van der Waals surface area (Å²) in [6.45, 7) is 5.88. The Kier molecular flexibility index (Phi) is 3.69. The van der Waals surface area contributed by atoms with Gasteiger partial charge in [0.25, 0.3) is 0 Å². The lowest BCUT2D eigenvalue weighted by Crippen LogP contribution is -2.36. The summed E-state index contributed by atoms with van der Waals surface area (Å²) in [5.41, 5.74) is -0.324. The van der Waals surface area contributed by atoms with Gasteiger partial charge in [-0.3, -0.25) is 4.90 Å². The number of carboxylic acid groups (broad SMARTS) is 1. The molecule has 0 aliphatic carbocycles. The summed E-state index contributed by atoms with van der Waals surface area (Å²) in [6.07, 6.45) is 2.05. The first-order valence-corrected chi connectivity index (χ1v) is 6.47. The van der Waals surface area contributed by atoms with Crippen molar-refractivity contribution in [2.75, 3.05) is 6.54 Å². The summed E-state index contributed by atoms with van der Waals surface area (Å²) in [7, 11) is 0. The largest absolute Gasteiger partial charge is 0.478 e. The van der Waals surface area contributed by atoms with E-state index >= 15 is 0 Å². The molecule has 0 spiro atoms. The van der Waals surface area contributed by atoms with Crippen LogP contribution in [0.2, 0.25) is 0 Å². The number of carbonyl (C=O) groups excluding carboxylic acids is 1. The molecule has 0 aromatic carbocycles. The summed E-state index contributed by atoms with van der Waals surface area (Å²) >= 11 is 0. The van der Waals surface area contributed by atoms with E-state index in [2.05, 4.69) is 5.16 Å². The van der Waals surface area contributed by atoms with Gasteiger partial charge in [0.15, 0.2) is 0 Å². The van der Waals surface area contributed by atoms with Gasteiger partial charge in [0.2, 0.25) is 0 Å². The molecule has 1 aliphatic rings. The Morgan fingerprint density at radius 1 is 1.50 bits per heavy atom. The van der Waals surface area contributed by atoms with Crippen molar-refractivity contribution >= 4 is 12.1 Å². The molecular weight excluding hydrogens is 264 g/mol. The Labute approximate surface area is 116 Å². The first-order chi connectivity index (χ1) is 9.29. The summed E-state index contributed by atoms with van der Waals surface area (Å²) < 4.78 is 10.1. The molecule has 0 saturated carbocycles. The molecule has 0 bridgehead atoms. The Hall–Kier alpha value is -2.05. The van der Waals surface area contributed by atoms with Crippen LogP contribution >= 0.6 is 0 Å². The maximum absolute atomic E-state index is 12.1. The number of amides is 1. The molecule has 1 fully saturated rings. The highest BCUT2D eigenvalue weighted by molar-refractivity contribution is 5.88. The SMILES string of the molecule is CC(C)(C)OC(=O)N1CCCC1c1nocc1C(=O)O. The summed E-state index contributed by atoms with van der Waals surface area (Å²) in [5, 5.41) is 12.8. The number of carbonyl (C=O) groups is 2. The predicted molar refractivity (Wildman–Crippen MR) is 68.4 cm³/mol. The van der Waals surface area contributed by atoms with Crippen LogP contribution in [0.4, 0.5) is 4.79 Å². The Morgan fingerprint density at radius 3 is 2.80 bits per heavy atom. The van der Waals surface area contributed by atoms with Crippen LogP contribution in [0.25, 0.3) is 0 Å². The van der Waals surface area contributed by atoms with Crippen LogP contribution in [0, 0.1) is 0 Å². The molecule has 1 aliphatic heterocycles. The van der Waals surface area contributed by atoms with Crippen molar-refractivity contribution in [2.24, 2.45) is 0 Å². The zero-order valence-corrected chi connectivity index (χ0v) is 11.8. The molecule has 7 heteroatoms. The number of nitrogens with zero attached hydrogens (tertiary/aromatic N) is 2. The fourth-order valence-electron chi connectivity index (χ4n) is 2.24. The van der Waals surface area contributed by atoms with Gasteiger partial charge in [0.1, 0.15) is 23.1 Å². The number of likely N-dealkylation sites (tertiary alicyclic amines) is 1. The first-order valence-electron chi connectivity index (χ1n) is 6.47. The third-order valence-electron chi connectivity index (χ3n) is 3.02. The van der Waals surface area contributed by atoms with Gasteiger partial charge in [0, 0.05) is 6.54 Å². The normalized spacial score (nSPS) is 19.1. The van der Waals surface area contributed by atoms with Gasteiger partial charge in [-0.25, -0.2) is 9.59 Å². The summed E-state index contributed by atoms with van der Waals surface area (Å²) in [6, 6.07) is -0.408. The molecular formula is C13H18N2O5. The van der Waals surface area contributed by atoms with Gasteiger partial charge in [-0.05, 0) is 33.6 Å². The second-order valence-electron chi connectivity index (χ2n) is 5.75. The monoisotopic (exact) mass is 282 g/mol. The zero-order chi connectivity index (χ0) is 14.9. The van der Waals surface area contributed by atoms with Crippen molar-refractivity contribution in [1.82, 2.24) is 10.1 Å². The third-order valence-corrected chi connectivity index (χ3v) is 3.02. The second kappa shape index (κ2) is 5.15. The highest BCUT2D eigenvalue weighted by atomic mass is 16.6. The van der Waals surface area contributed by atoms with Crippen LogP contribution in [0.5, 0.6) is 0 Å². The molecule has 2 heterocycles. The van der Waals surface area contributed by atoms with Crippen LogP contribution in [-0.2, 0) is 4.74 Å². The number of hydrogen-bond acceptors (Lipinski definition) is 5.